The molecule has 0 bridgehead atoms. The molecule has 0 aromatic carbocycles. The van der Waals surface area contributed by atoms with Crippen LogP contribution in [0.1, 0.15) is 39.5 Å². The molecule has 0 aliphatic rings. The smallest absolute Gasteiger partial charge is 0.00677 e. The summed E-state index contributed by atoms with van der Waals surface area (Å²) in [7, 11) is 0. The quantitative estimate of drug-likeness (QED) is 0.564. The lowest BCUT2D eigenvalue weighted by molar-refractivity contribution is 0.662. The Morgan fingerprint density at radius 3 is 2.56 bits per heavy atom. The summed E-state index contributed by atoms with van der Waals surface area (Å²) in [4.78, 5) is 0. The molecule has 55 valence electrons. The van der Waals surface area contributed by atoms with Crippen molar-refractivity contribution in [2.24, 2.45) is 5.73 Å². The highest BCUT2D eigenvalue weighted by atomic mass is 14.6. The summed E-state index contributed by atoms with van der Waals surface area (Å²) in [6.07, 6.45) is 7.03. The van der Waals surface area contributed by atoms with E-state index in [0.29, 0.717) is 6.04 Å². The van der Waals surface area contributed by atoms with E-state index in [-0.39, 0.29) is 0 Å². The number of hydrogen-bond donors (Lipinski definition) is 1. The molecule has 2 N–H and O–H groups in total. The van der Waals surface area contributed by atoms with Crippen LogP contribution in [0.2, 0.25) is 0 Å². The molecule has 1 unspecified atom stereocenters. The van der Waals surface area contributed by atoms with E-state index in [9.17, 15) is 0 Å². The summed E-state index contributed by atoms with van der Waals surface area (Å²) in [5.74, 6) is 0. The minimum Gasteiger partial charge on any atom is -0.327 e. The van der Waals surface area contributed by atoms with Gasteiger partial charge in [0.05, 0.1) is 0 Å². The van der Waals surface area contributed by atoms with E-state index < -0.39 is 0 Å². The van der Waals surface area contributed by atoms with Crippen molar-refractivity contribution >= 4 is 0 Å². The maximum atomic E-state index is 5.66. The molecule has 1 atom stereocenters. The van der Waals surface area contributed by atoms with Gasteiger partial charge in [-0.3, -0.25) is 0 Å². The summed E-state index contributed by atoms with van der Waals surface area (Å²) in [6.45, 7) is 4.32. The summed E-state index contributed by atoms with van der Waals surface area (Å²) < 4.78 is 0. The average Bonchev–Trinajstić information content (AvgIpc) is 1.89. The van der Waals surface area contributed by atoms with E-state index >= 15 is 0 Å². The first-order chi connectivity index (χ1) is 4.31. The SMILES string of the molecule is CCCC[CH]C(N)CC. The molecular weight excluding hydrogens is 110 g/mol. The fraction of sp³-hybridized carbons (Fsp3) is 0.875. The second-order valence-electron chi connectivity index (χ2n) is 2.45. The molecule has 0 saturated heterocycles. The molecule has 0 saturated carbocycles. The van der Waals surface area contributed by atoms with Crippen LogP contribution in [0.4, 0.5) is 0 Å². The Balaban J connectivity index is 2.88. The molecule has 0 amide bonds. The van der Waals surface area contributed by atoms with Crippen LogP contribution in [-0.4, -0.2) is 6.04 Å². The zero-order valence-corrected chi connectivity index (χ0v) is 6.56. The molecule has 0 heterocycles. The van der Waals surface area contributed by atoms with Gasteiger partial charge in [-0.05, 0) is 19.3 Å². The van der Waals surface area contributed by atoms with Gasteiger partial charge in [-0.15, -0.1) is 0 Å². The molecule has 0 fully saturated rings. The Bertz CT molecular complexity index is 52.5. The molecule has 1 nitrogen and oxygen atoms in total. The average molecular weight is 128 g/mol. The molecule has 0 aliphatic heterocycles. The van der Waals surface area contributed by atoms with Crippen molar-refractivity contribution in [2.75, 3.05) is 0 Å². The van der Waals surface area contributed by atoms with Crippen molar-refractivity contribution in [3.63, 3.8) is 0 Å². The highest BCUT2D eigenvalue weighted by Gasteiger charge is 1.96. The summed E-state index contributed by atoms with van der Waals surface area (Å²) >= 11 is 0. The van der Waals surface area contributed by atoms with E-state index in [4.69, 9.17) is 5.73 Å². The Kier molecular flexibility index (Phi) is 6.06. The maximum absolute atomic E-state index is 5.66. The Morgan fingerprint density at radius 2 is 2.11 bits per heavy atom. The third kappa shape index (κ3) is 5.84. The van der Waals surface area contributed by atoms with Crippen molar-refractivity contribution in [2.45, 2.75) is 45.6 Å². The number of unbranched alkanes of at least 4 members (excludes halogenated alkanes) is 2. The second-order valence-corrected chi connectivity index (χ2v) is 2.45. The van der Waals surface area contributed by atoms with Gasteiger partial charge in [0.15, 0.2) is 0 Å². The van der Waals surface area contributed by atoms with Gasteiger partial charge in [-0.1, -0.05) is 26.7 Å². The van der Waals surface area contributed by atoms with Crippen LogP contribution in [0.5, 0.6) is 0 Å². The predicted molar refractivity (Wildman–Crippen MR) is 42.1 cm³/mol. The standard InChI is InChI=1S/C8H18N/c1-3-5-6-7-8(9)4-2/h7-8H,3-6,9H2,1-2H3. The van der Waals surface area contributed by atoms with E-state index in [1.165, 1.54) is 19.3 Å². The molecule has 0 spiro atoms. The fourth-order valence-corrected chi connectivity index (χ4v) is 0.703. The zero-order valence-electron chi connectivity index (χ0n) is 6.56. The first kappa shape index (κ1) is 8.96. The Morgan fingerprint density at radius 1 is 1.44 bits per heavy atom. The molecule has 0 rings (SSSR count). The lowest BCUT2D eigenvalue weighted by Crippen LogP contribution is -2.18. The van der Waals surface area contributed by atoms with Crippen molar-refractivity contribution in [1.82, 2.24) is 0 Å². The van der Waals surface area contributed by atoms with Crippen molar-refractivity contribution in [1.29, 1.82) is 0 Å². The maximum Gasteiger partial charge on any atom is 0.00677 e. The molecule has 0 aromatic rings. The summed E-state index contributed by atoms with van der Waals surface area (Å²) in [6, 6.07) is 0.330. The van der Waals surface area contributed by atoms with E-state index in [2.05, 4.69) is 20.3 Å². The van der Waals surface area contributed by atoms with Crippen LogP contribution in [0.15, 0.2) is 0 Å². The number of rotatable bonds is 5. The van der Waals surface area contributed by atoms with Gasteiger partial charge in [0.1, 0.15) is 0 Å². The van der Waals surface area contributed by atoms with Crippen molar-refractivity contribution in [3.8, 4) is 0 Å². The molecule has 1 radical (unpaired) electrons. The molecule has 0 aliphatic carbocycles. The topological polar surface area (TPSA) is 26.0 Å². The fourth-order valence-electron chi connectivity index (χ4n) is 0.703. The van der Waals surface area contributed by atoms with Crippen molar-refractivity contribution in [3.05, 3.63) is 6.42 Å². The van der Waals surface area contributed by atoms with Gasteiger partial charge in [0, 0.05) is 6.04 Å². The predicted octanol–water partition coefficient (Wildman–Crippen LogP) is 2.12. The third-order valence-corrected chi connectivity index (χ3v) is 1.50. The number of hydrogen-bond acceptors (Lipinski definition) is 1. The van der Waals surface area contributed by atoms with Gasteiger partial charge >= 0.3 is 0 Å². The van der Waals surface area contributed by atoms with Gasteiger partial charge in [0.25, 0.3) is 0 Å². The van der Waals surface area contributed by atoms with Gasteiger partial charge in [0.2, 0.25) is 0 Å². The monoisotopic (exact) mass is 128 g/mol. The van der Waals surface area contributed by atoms with Crippen LogP contribution >= 0.6 is 0 Å². The second kappa shape index (κ2) is 6.09. The molecule has 1 heteroatoms. The number of nitrogens with two attached hydrogens (primary N) is 1. The minimum absolute atomic E-state index is 0.330. The largest absolute Gasteiger partial charge is 0.327 e. The van der Waals surface area contributed by atoms with Crippen LogP contribution < -0.4 is 5.73 Å². The van der Waals surface area contributed by atoms with Gasteiger partial charge < -0.3 is 5.73 Å². The summed E-state index contributed by atoms with van der Waals surface area (Å²) in [5.41, 5.74) is 5.66. The van der Waals surface area contributed by atoms with Crippen LogP contribution in [0, 0.1) is 6.42 Å². The highest BCUT2D eigenvalue weighted by molar-refractivity contribution is 4.77. The van der Waals surface area contributed by atoms with Crippen LogP contribution in [-0.2, 0) is 0 Å². The van der Waals surface area contributed by atoms with E-state index in [1.54, 1.807) is 0 Å². The lowest BCUT2D eigenvalue weighted by Gasteiger charge is -2.05. The Hall–Kier alpha value is -0.0400. The minimum atomic E-state index is 0.330. The van der Waals surface area contributed by atoms with E-state index in [0.717, 1.165) is 6.42 Å². The van der Waals surface area contributed by atoms with Gasteiger partial charge in [-0.25, -0.2) is 0 Å². The normalized spacial score (nSPS) is 13.7. The van der Waals surface area contributed by atoms with Crippen molar-refractivity contribution < 1.29 is 0 Å². The molecular formula is C8H18N. The first-order valence-corrected chi connectivity index (χ1v) is 3.90. The van der Waals surface area contributed by atoms with Crippen LogP contribution in [0.25, 0.3) is 0 Å². The molecule has 9 heavy (non-hydrogen) atoms. The highest BCUT2D eigenvalue weighted by Crippen LogP contribution is 2.01. The van der Waals surface area contributed by atoms with Gasteiger partial charge in [-0.2, -0.15) is 0 Å². The summed E-state index contributed by atoms with van der Waals surface area (Å²) in [5, 5.41) is 0. The van der Waals surface area contributed by atoms with E-state index in [1.807, 2.05) is 0 Å². The zero-order chi connectivity index (χ0) is 7.11. The third-order valence-electron chi connectivity index (χ3n) is 1.50. The van der Waals surface area contributed by atoms with Crippen LogP contribution in [0.3, 0.4) is 0 Å². The first-order valence-electron chi connectivity index (χ1n) is 3.90. The molecule has 0 aromatic heterocycles. The lowest BCUT2D eigenvalue weighted by atomic mass is 10.1. The Labute approximate surface area is 58.6 Å².